The molecule has 3 amide bonds. The van der Waals surface area contributed by atoms with Crippen molar-refractivity contribution in [1.29, 1.82) is 0 Å². The second kappa shape index (κ2) is 10.2. The smallest absolute Gasteiger partial charge is 0.328 e. The van der Waals surface area contributed by atoms with E-state index in [9.17, 15) is 19.2 Å². The predicted molar refractivity (Wildman–Crippen MR) is 120 cm³/mol. The number of imide groups is 1. The highest BCUT2D eigenvalue weighted by Gasteiger charge is 2.43. The minimum absolute atomic E-state index is 0.0961. The highest BCUT2D eigenvalue weighted by Crippen LogP contribution is 2.27. The minimum Gasteiger partial charge on any atom is -0.478 e. The van der Waals surface area contributed by atoms with Crippen LogP contribution in [0.4, 0.5) is 5.69 Å². The van der Waals surface area contributed by atoms with E-state index in [0.717, 1.165) is 28.5 Å². The number of halogens is 1. The van der Waals surface area contributed by atoms with Gasteiger partial charge in [-0.05, 0) is 42.2 Å². The molecule has 1 atom stereocenters. The van der Waals surface area contributed by atoms with Crippen LogP contribution >= 0.6 is 11.6 Å². The van der Waals surface area contributed by atoms with Crippen LogP contribution in [0.1, 0.15) is 24.5 Å². The van der Waals surface area contributed by atoms with Gasteiger partial charge in [0.25, 0.3) is 5.91 Å². The maximum Gasteiger partial charge on any atom is 0.328 e. The van der Waals surface area contributed by atoms with Gasteiger partial charge < -0.3 is 10.0 Å². The lowest BCUT2D eigenvalue weighted by atomic mass is 10.1. The SMILES string of the molecule is CCc1ccc(N2C(=O)CC(N(CCc3ccccc3Cl)C(=O)/C=C/C(=O)O)C2=O)cc1. The van der Waals surface area contributed by atoms with Gasteiger partial charge >= 0.3 is 5.97 Å². The van der Waals surface area contributed by atoms with Crippen LogP contribution in [0.2, 0.25) is 5.02 Å². The molecule has 1 aliphatic rings. The number of anilines is 1. The van der Waals surface area contributed by atoms with Gasteiger partial charge in [0.05, 0.1) is 12.1 Å². The van der Waals surface area contributed by atoms with E-state index in [-0.39, 0.29) is 13.0 Å². The van der Waals surface area contributed by atoms with Crippen molar-refractivity contribution in [3.63, 3.8) is 0 Å². The van der Waals surface area contributed by atoms with E-state index < -0.39 is 29.7 Å². The molecule has 0 bridgehead atoms. The van der Waals surface area contributed by atoms with Crippen molar-refractivity contribution in [2.45, 2.75) is 32.2 Å². The number of nitrogens with zero attached hydrogens (tertiary/aromatic N) is 2. The van der Waals surface area contributed by atoms with E-state index in [1.54, 1.807) is 30.3 Å². The summed E-state index contributed by atoms with van der Waals surface area (Å²) in [6.45, 7) is 2.10. The van der Waals surface area contributed by atoms with Gasteiger partial charge in [0.15, 0.2) is 0 Å². The largest absolute Gasteiger partial charge is 0.478 e. The van der Waals surface area contributed by atoms with Crippen LogP contribution in [0.15, 0.2) is 60.7 Å². The quantitative estimate of drug-likeness (QED) is 0.488. The van der Waals surface area contributed by atoms with Crippen LogP contribution in [-0.2, 0) is 32.0 Å². The summed E-state index contributed by atoms with van der Waals surface area (Å²) >= 11 is 6.20. The molecule has 0 saturated carbocycles. The number of aliphatic carboxylic acids is 1. The summed E-state index contributed by atoms with van der Waals surface area (Å²) in [6, 6.07) is 13.2. The molecule has 1 aliphatic heterocycles. The second-order valence-corrected chi connectivity index (χ2v) is 7.76. The molecular formula is C24H23ClN2O5. The fourth-order valence-electron chi connectivity index (χ4n) is 3.61. The van der Waals surface area contributed by atoms with E-state index in [2.05, 4.69) is 0 Å². The number of amides is 3. The zero-order valence-electron chi connectivity index (χ0n) is 17.5. The third-order valence-electron chi connectivity index (χ3n) is 5.33. The Morgan fingerprint density at radius 2 is 1.81 bits per heavy atom. The van der Waals surface area contributed by atoms with Crippen LogP contribution in [0, 0.1) is 0 Å². The Kier molecular flexibility index (Phi) is 7.43. The number of benzene rings is 2. The molecular weight excluding hydrogens is 432 g/mol. The van der Waals surface area contributed by atoms with Crippen LogP contribution in [0.25, 0.3) is 0 Å². The van der Waals surface area contributed by atoms with E-state index >= 15 is 0 Å². The second-order valence-electron chi connectivity index (χ2n) is 7.35. The lowest BCUT2D eigenvalue weighted by Crippen LogP contribution is -2.46. The van der Waals surface area contributed by atoms with Gasteiger partial charge in [-0.3, -0.25) is 14.4 Å². The van der Waals surface area contributed by atoms with Gasteiger partial charge in [0, 0.05) is 23.7 Å². The van der Waals surface area contributed by atoms with Crippen molar-refractivity contribution >= 4 is 41.0 Å². The average Bonchev–Trinajstić information content (AvgIpc) is 3.07. The van der Waals surface area contributed by atoms with Crippen molar-refractivity contribution in [3.8, 4) is 0 Å². The molecule has 2 aromatic rings. The summed E-state index contributed by atoms with van der Waals surface area (Å²) in [6.07, 6.45) is 2.60. The zero-order chi connectivity index (χ0) is 23.3. The number of aryl methyl sites for hydroxylation is 1. The summed E-state index contributed by atoms with van der Waals surface area (Å²) in [5.74, 6) is -2.87. The van der Waals surface area contributed by atoms with Crippen molar-refractivity contribution in [3.05, 3.63) is 76.8 Å². The number of carboxylic acid groups (broad SMARTS) is 1. The number of carbonyl (C=O) groups is 4. The zero-order valence-corrected chi connectivity index (χ0v) is 18.3. The molecule has 1 saturated heterocycles. The number of rotatable bonds is 8. The standard InChI is InChI=1S/C24H23ClN2O5/c1-2-16-7-9-18(10-8-16)27-22(29)15-20(24(27)32)26(21(28)11-12-23(30)31)14-13-17-5-3-4-6-19(17)25/h3-12,20H,2,13-15H2,1H3,(H,30,31)/b12-11+. The first-order valence-corrected chi connectivity index (χ1v) is 10.6. The third kappa shape index (κ3) is 5.23. The van der Waals surface area contributed by atoms with Crippen LogP contribution in [0.3, 0.4) is 0 Å². The van der Waals surface area contributed by atoms with Crippen LogP contribution < -0.4 is 4.90 Å². The topological polar surface area (TPSA) is 95.0 Å². The Bertz CT molecular complexity index is 1060. The Morgan fingerprint density at radius 1 is 1.12 bits per heavy atom. The van der Waals surface area contributed by atoms with E-state index in [4.69, 9.17) is 16.7 Å². The molecule has 7 nitrogen and oxygen atoms in total. The molecule has 1 N–H and O–H groups in total. The molecule has 0 radical (unpaired) electrons. The van der Waals surface area contributed by atoms with Gasteiger partial charge in [0.1, 0.15) is 6.04 Å². The summed E-state index contributed by atoms with van der Waals surface area (Å²) in [7, 11) is 0. The maximum atomic E-state index is 13.2. The summed E-state index contributed by atoms with van der Waals surface area (Å²) < 4.78 is 0. The molecule has 3 rings (SSSR count). The lowest BCUT2D eigenvalue weighted by molar-refractivity contribution is -0.135. The van der Waals surface area contributed by atoms with Gasteiger partial charge in [-0.15, -0.1) is 0 Å². The molecule has 1 unspecified atom stereocenters. The molecule has 8 heteroatoms. The van der Waals surface area contributed by atoms with Crippen molar-refractivity contribution in [2.24, 2.45) is 0 Å². The van der Waals surface area contributed by atoms with Crippen LogP contribution in [-0.4, -0.2) is 46.3 Å². The number of hydrogen-bond acceptors (Lipinski definition) is 4. The molecule has 0 spiro atoms. The van der Waals surface area contributed by atoms with E-state index in [0.29, 0.717) is 23.2 Å². The molecule has 0 aliphatic carbocycles. The van der Waals surface area contributed by atoms with Crippen LogP contribution in [0.5, 0.6) is 0 Å². The lowest BCUT2D eigenvalue weighted by Gasteiger charge is -2.27. The van der Waals surface area contributed by atoms with E-state index in [1.165, 1.54) is 4.90 Å². The van der Waals surface area contributed by atoms with Crippen molar-refractivity contribution < 1.29 is 24.3 Å². The van der Waals surface area contributed by atoms with Gasteiger partial charge in [-0.1, -0.05) is 48.9 Å². The predicted octanol–water partition coefficient (Wildman–Crippen LogP) is 3.25. The Morgan fingerprint density at radius 3 is 2.44 bits per heavy atom. The highest BCUT2D eigenvalue weighted by molar-refractivity contribution is 6.31. The Hall–Kier alpha value is -3.45. The minimum atomic E-state index is -1.28. The fourth-order valence-corrected chi connectivity index (χ4v) is 3.84. The molecule has 166 valence electrons. The normalized spacial score (nSPS) is 16.1. The molecule has 2 aromatic carbocycles. The third-order valence-corrected chi connectivity index (χ3v) is 5.70. The average molecular weight is 455 g/mol. The summed E-state index contributed by atoms with van der Waals surface area (Å²) in [4.78, 5) is 51.9. The number of carbonyl (C=O) groups excluding carboxylic acids is 3. The van der Waals surface area contributed by atoms with Gasteiger partial charge in [-0.25, -0.2) is 9.69 Å². The molecule has 32 heavy (non-hydrogen) atoms. The first kappa shape index (κ1) is 23.2. The number of hydrogen-bond donors (Lipinski definition) is 1. The van der Waals surface area contributed by atoms with Crippen molar-refractivity contribution in [2.75, 3.05) is 11.4 Å². The first-order valence-electron chi connectivity index (χ1n) is 10.2. The first-order chi connectivity index (χ1) is 15.3. The summed E-state index contributed by atoms with van der Waals surface area (Å²) in [5.41, 5.74) is 2.29. The number of carboxylic acids is 1. The Balaban J connectivity index is 1.86. The monoisotopic (exact) mass is 454 g/mol. The molecule has 1 heterocycles. The van der Waals surface area contributed by atoms with E-state index in [1.807, 2.05) is 25.1 Å². The summed E-state index contributed by atoms with van der Waals surface area (Å²) in [5, 5.41) is 9.40. The Labute approximate surface area is 190 Å². The molecule has 1 fully saturated rings. The highest BCUT2D eigenvalue weighted by atomic mass is 35.5. The van der Waals surface area contributed by atoms with Gasteiger partial charge in [0.2, 0.25) is 11.8 Å². The fraction of sp³-hybridized carbons (Fsp3) is 0.250. The van der Waals surface area contributed by atoms with Gasteiger partial charge in [-0.2, -0.15) is 0 Å². The maximum absolute atomic E-state index is 13.2. The molecule has 0 aromatic heterocycles. The van der Waals surface area contributed by atoms with Crippen molar-refractivity contribution in [1.82, 2.24) is 4.90 Å².